The number of aromatic nitrogens is 2. The Labute approximate surface area is 143 Å². The van der Waals surface area contributed by atoms with Gasteiger partial charge in [-0.25, -0.2) is 9.37 Å². The number of fused-ring (bicyclic) bond motifs is 1. The van der Waals surface area contributed by atoms with E-state index in [4.69, 9.17) is 34.8 Å². The van der Waals surface area contributed by atoms with E-state index in [-0.39, 0.29) is 11.7 Å². The van der Waals surface area contributed by atoms with Crippen molar-refractivity contribution < 1.29 is 4.39 Å². The van der Waals surface area contributed by atoms with Crippen molar-refractivity contribution in [3.8, 4) is 5.69 Å². The molecule has 21 heavy (non-hydrogen) atoms. The number of imidazole rings is 1. The Bertz CT molecular complexity index is 848. The molecule has 0 radical (unpaired) electrons. The Morgan fingerprint density at radius 1 is 1.19 bits per heavy atom. The maximum Gasteiger partial charge on any atom is 0.139 e. The van der Waals surface area contributed by atoms with Gasteiger partial charge in [-0.15, -0.1) is 11.6 Å². The molecule has 0 spiro atoms. The molecule has 0 aliphatic heterocycles. The van der Waals surface area contributed by atoms with Crippen LogP contribution in [-0.2, 0) is 5.88 Å². The fourth-order valence-electron chi connectivity index (χ4n) is 2.14. The summed E-state index contributed by atoms with van der Waals surface area (Å²) >= 11 is 21.3. The average Bonchev–Trinajstić information content (AvgIpc) is 2.77. The van der Waals surface area contributed by atoms with Crippen molar-refractivity contribution in [3.05, 3.63) is 56.5 Å². The highest BCUT2D eigenvalue weighted by atomic mass is 79.9. The smallest absolute Gasteiger partial charge is 0.139 e. The Morgan fingerprint density at radius 2 is 1.95 bits per heavy atom. The standard InChI is InChI=1S/C14H7BrCl3FN2/c15-8-4-11-13(5-10(8)19)21(14(6-16)20-11)12-2-1-7(17)3-9(12)18/h1-5H,6H2. The lowest BCUT2D eigenvalue weighted by Crippen LogP contribution is -2.00. The van der Waals surface area contributed by atoms with Gasteiger partial charge in [0.1, 0.15) is 11.6 Å². The fraction of sp³-hybridized carbons (Fsp3) is 0.0714. The second-order valence-corrected chi connectivity index (χ2v) is 6.31. The van der Waals surface area contributed by atoms with Gasteiger partial charge in [-0.2, -0.15) is 0 Å². The Morgan fingerprint density at radius 3 is 2.62 bits per heavy atom. The van der Waals surface area contributed by atoms with Crippen molar-refractivity contribution in [1.82, 2.24) is 9.55 Å². The first-order valence-electron chi connectivity index (χ1n) is 5.89. The molecule has 7 heteroatoms. The van der Waals surface area contributed by atoms with Gasteiger partial charge in [-0.05, 0) is 40.2 Å². The van der Waals surface area contributed by atoms with E-state index in [0.717, 1.165) is 0 Å². The van der Waals surface area contributed by atoms with E-state index in [0.29, 0.717) is 37.1 Å². The predicted molar refractivity (Wildman–Crippen MR) is 88.3 cm³/mol. The number of benzene rings is 2. The quantitative estimate of drug-likeness (QED) is 0.478. The van der Waals surface area contributed by atoms with Gasteiger partial charge in [-0.3, -0.25) is 4.57 Å². The molecule has 1 heterocycles. The third-order valence-corrected chi connectivity index (χ3v) is 4.42. The van der Waals surface area contributed by atoms with Crippen LogP contribution < -0.4 is 0 Å². The molecular weight excluding hydrogens is 401 g/mol. The molecule has 3 aromatic rings. The molecule has 0 amide bonds. The molecule has 3 rings (SSSR count). The third-order valence-electron chi connectivity index (χ3n) is 3.04. The number of alkyl halides is 1. The summed E-state index contributed by atoms with van der Waals surface area (Å²) in [5.41, 5.74) is 1.88. The van der Waals surface area contributed by atoms with Crippen LogP contribution in [-0.4, -0.2) is 9.55 Å². The summed E-state index contributed by atoms with van der Waals surface area (Å²) in [6.45, 7) is 0. The second-order valence-electron chi connectivity index (χ2n) is 4.35. The third kappa shape index (κ3) is 2.66. The number of hydrogen-bond donors (Lipinski definition) is 0. The van der Waals surface area contributed by atoms with Crippen LogP contribution in [0.5, 0.6) is 0 Å². The zero-order valence-electron chi connectivity index (χ0n) is 10.4. The zero-order chi connectivity index (χ0) is 15.1. The zero-order valence-corrected chi connectivity index (χ0v) is 14.2. The molecule has 0 fully saturated rings. The van der Waals surface area contributed by atoms with Crippen molar-refractivity contribution >= 4 is 61.8 Å². The lowest BCUT2D eigenvalue weighted by atomic mass is 10.2. The SMILES string of the molecule is Fc1cc2c(cc1Br)nc(CCl)n2-c1ccc(Cl)cc1Cl. The number of rotatable bonds is 2. The van der Waals surface area contributed by atoms with Gasteiger partial charge in [0.25, 0.3) is 0 Å². The minimum Gasteiger partial charge on any atom is -0.294 e. The van der Waals surface area contributed by atoms with Gasteiger partial charge in [0.2, 0.25) is 0 Å². The van der Waals surface area contributed by atoms with E-state index in [2.05, 4.69) is 20.9 Å². The average molecular weight is 408 g/mol. The molecule has 1 aromatic heterocycles. The molecule has 0 aliphatic carbocycles. The van der Waals surface area contributed by atoms with Crippen LogP contribution in [0.3, 0.4) is 0 Å². The van der Waals surface area contributed by atoms with Gasteiger partial charge >= 0.3 is 0 Å². The molecular formula is C14H7BrCl3FN2. The van der Waals surface area contributed by atoms with Crippen LogP contribution in [0.1, 0.15) is 5.82 Å². The first-order chi connectivity index (χ1) is 10.0. The van der Waals surface area contributed by atoms with Crippen molar-refractivity contribution in [2.24, 2.45) is 0 Å². The minimum atomic E-state index is -0.380. The highest BCUT2D eigenvalue weighted by molar-refractivity contribution is 9.10. The summed E-state index contributed by atoms with van der Waals surface area (Å²) in [6.07, 6.45) is 0. The molecule has 0 saturated heterocycles. The molecule has 0 saturated carbocycles. The highest BCUT2D eigenvalue weighted by Crippen LogP contribution is 2.31. The highest BCUT2D eigenvalue weighted by Gasteiger charge is 2.16. The maximum absolute atomic E-state index is 13.8. The summed E-state index contributed by atoms with van der Waals surface area (Å²) in [7, 11) is 0. The molecule has 2 aromatic carbocycles. The first kappa shape index (κ1) is 15.1. The number of nitrogens with zero attached hydrogens (tertiary/aromatic N) is 2. The van der Waals surface area contributed by atoms with Crippen molar-refractivity contribution in [3.63, 3.8) is 0 Å². The Hall–Kier alpha value is -0.810. The Balaban J connectivity index is 2.37. The monoisotopic (exact) mass is 406 g/mol. The summed E-state index contributed by atoms with van der Waals surface area (Å²) in [4.78, 5) is 4.42. The van der Waals surface area contributed by atoms with E-state index in [1.807, 2.05) is 0 Å². The molecule has 0 unspecified atom stereocenters. The van der Waals surface area contributed by atoms with Crippen molar-refractivity contribution in [2.75, 3.05) is 0 Å². The Kier molecular flexibility index (Phi) is 4.14. The van der Waals surface area contributed by atoms with Gasteiger partial charge in [-0.1, -0.05) is 23.2 Å². The summed E-state index contributed by atoms with van der Waals surface area (Å²) < 4.78 is 15.9. The number of halogens is 5. The van der Waals surface area contributed by atoms with Gasteiger partial charge < -0.3 is 0 Å². The van der Waals surface area contributed by atoms with E-state index in [9.17, 15) is 4.39 Å². The topological polar surface area (TPSA) is 17.8 Å². The molecule has 0 atom stereocenters. The summed E-state index contributed by atoms with van der Waals surface area (Å²) in [6, 6.07) is 8.09. The molecule has 2 nitrogen and oxygen atoms in total. The van der Waals surface area contributed by atoms with Crippen LogP contribution >= 0.6 is 50.7 Å². The van der Waals surface area contributed by atoms with Gasteiger partial charge in [0.15, 0.2) is 0 Å². The second kappa shape index (κ2) is 5.76. The summed E-state index contributed by atoms with van der Waals surface area (Å²) in [5.74, 6) is 0.371. The largest absolute Gasteiger partial charge is 0.294 e. The fourth-order valence-corrected chi connectivity index (χ4v) is 3.15. The molecule has 0 N–H and O–H groups in total. The lowest BCUT2D eigenvalue weighted by molar-refractivity contribution is 0.622. The van der Waals surface area contributed by atoms with E-state index >= 15 is 0 Å². The maximum atomic E-state index is 13.8. The van der Waals surface area contributed by atoms with Crippen molar-refractivity contribution in [2.45, 2.75) is 5.88 Å². The van der Waals surface area contributed by atoms with Crippen LogP contribution in [0.4, 0.5) is 4.39 Å². The van der Waals surface area contributed by atoms with E-state index in [1.165, 1.54) is 6.07 Å². The first-order valence-corrected chi connectivity index (χ1v) is 7.97. The molecule has 0 aliphatic rings. The van der Waals surface area contributed by atoms with Crippen LogP contribution in [0.25, 0.3) is 16.7 Å². The van der Waals surface area contributed by atoms with Gasteiger partial charge in [0.05, 0.1) is 32.1 Å². The normalized spacial score (nSPS) is 11.3. The number of hydrogen-bond acceptors (Lipinski definition) is 1. The minimum absolute atomic E-state index is 0.173. The summed E-state index contributed by atoms with van der Waals surface area (Å²) in [5, 5.41) is 0.964. The van der Waals surface area contributed by atoms with Crippen LogP contribution in [0, 0.1) is 5.82 Å². The predicted octanol–water partition coefficient (Wildman–Crippen LogP) is 5.97. The lowest BCUT2D eigenvalue weighted by Gasteiger charge is -2.10. The van der Waals surface area contributed by atoms with E-state index in [1.54, 1.807) is 28.8 Å². The van der Waals surface area contributed by atoms with Gasteiger partial charge in [0, 0.05) is 11.1 Å². The van der Waals surface area contributed by atoms with Crippen molar-refractivity contribution in [1.29, 1.82) is 0 Å². The van der Waals surface area contributed by atoms with Crippen LogP contribution in [0.2, 0.25) is 10.0 Å². The molecule has 108 valence electrons. The van der Waals surface area contributed by atoms with Crippen LogP contribution in [0.15, 0.2) is 34.8 Å². The van der Waals surface area contributed by atoms with E-state index < -0.39 is 0 Å². The molecule has 0 bridgehead atoms.